The first-order valence-electron chi connectivity index (χ1n) is 7.17. The molecule has 1 N–H and O–H groups in total. The number of hydrogen-bond acceptors (Lipinski definition) is 3. The van der Waals surface area contributed by atoms with Gasteiger partial charge in [-0.25, -0.2) is 0 Å². The largest absolute Gasteiger partial charge is 0.393 e. The van der Waals surface area contributed by atoms with Gasteiger partial charge >= 0.3 is 0 Å². The van der Waals surface area contributed by atoms with Crippen LogP contribution in [0.15, 0.2) is 0 Å². The third-order valence-corrected chi connectivity index (χ3v) is 4.74. The molecule has 2 rings (SSSR count). The van der Waals surface area contributed by atoms with Crippen LogP contribution >= 0.6 is 0 Å². The molecule has 1 aliphatic carbocycles. The highest BCUT2D eigenvalue weighted by Gasteiger charge is 2.30. The predicted octanol–water partition coefficient (Wildman–Crippen LogP) is 1.42. The van der Waals surface area contributed by atoms with Gasteiger partial charge in [-0.05, 0) is 45.1 Å². The van der Waals surface area contributed by atoms with E-state index in [2.05, 4.69) is 30.7 Å². The SMILES string of the molecule is CC1CCC(O)C(CN2CCN(C)C(C)C2)C1. The highest BCUT2D eigenvalue weighted by Crippen LogP contribution is 2.30. The second kappa shape index (κ2) is 5.68. The molecular weight excluding hydrogens is 212 g/mol. The molecule has 0 aromatic carbocycles. The van der Waals surface area contributed by atoms with Gasteiger partial charge in [-0.3, -0.25) is 0 Å². The molecule has 4 atom stereocenters. The van der Waals surface area contributed by atoms with E-state index >= 15 is 0 Å². The van der Waals surface area contributed by atoms with Gasteiger partial charge in [0.2, 0.25) is 0 Å². The van der Waals surface area contributed by atoms with Gasteiger partial charge in [-0.1, -0.05) is 6.92 Å². The molecule has 100 valence electrons. The average molecular weight is 240 g/mol. The van der Waals surface area contributed by atoms with Crippen LogP contribution < -0.4 is 0 Å². The van der Waals surface area contributed by atoms with Gasteiger partial charge in [0.05, 0.1) is 6.10 Å². The van der Waals surface area contributed by atoms with E-state index in [1.165, 1.54) is 25.9 Å². The molecular formula is C14H28N2O. The van der Waals surface area contributed by atoms with Crippen molar-refractivity contribution in [1.29, 1.82) is 0 Å². The Morgan fingerprint density at radius 1 is 1.18 bits per heavy atom. The third-order valence-electron chi connectivity index (χ3n) is 4.74. The van der Waals surface area contributed by atoms with Gasteiger partial charge in [-0.15, -0.1) is 0 Å². The molecule has 3 nitrogen and oxygen atoms in total. The first-order valence-corrected chi connectivity index (χ1v) is 7.17. The molecule has 4 unspecified atom stereocenters. The number of aliphatic hydroxyl groups excluding tert-OH is 1. The van der Waals surface area contributed by atoms with Crippen molar-refractivity contribution in [2.24, 2.45) is 11.8 Å². The van der Waals surface area contributed by atoms with Crippen LogP contribution in [0.2, 0.25) is 0 Å². The lowest BCUT2D eigenvalue weighted by Gasteiger charge is -2.41. The van der Waals surface area contributed by atoms with E-state index in [0.717, 1.165) is 25.4 Å². The summed E-state index contributed by atoms with van der Waals surface area (Å²) < 4.78 is 0. The number of aliphatic hydroxyl groups is 1. The lowest BCUT2D eigenvalue weighted by Crippen LogP contribution is -2.52. The lowest BCUT2D eigenvalue weighted by molar-refractivity contribution is 0.0136. The summed E-state index contributed by atoms with van der Waals surface area (Å²) in [5.41, 5.74) is 0. The van der Waals surface area contributed by atoms with Crippen LogP contribution in [0.4, 0.5) is 0 Å². The number of hydrogen-bond donors (Lipinski definition) is 1. The van der Waals surface area contributed by atoms with E-state index in [-0.39, 0.29) is 6.10 Å². The molecule has 0 amide bonds. The molecule has 0 spiro atoms. The fraction of sp³-hybridized carbons (Fsp3) is 1.00. The maximum Gasteiger partial charge on any atom is 0.0580 e. The molecule has 17 heavy (non-hydrogen) atoms. The normalized spacial score (nSPS) is 41.6. The first kappa shape index (κ1) is 13.3. The van der Waals surface area contributed by atoms with Gasteiger partial charge in [0.25, 0.3) is 0 Å². The van der Waals surface area contributed by atoms with Crippen molar-refractivity contribution >= 4 is 0 Å². The maximum atomic E-state index is 10.1. The van der Waals surface area contributed by atoms with Crippen molar-refractivity contribution in [2.45, 2.75) is 45.3 Å². The van der Waals surface area contributed by atoms with E-state index in [9.17, 15) is 5.11 Å². The Bertz CT molecular complexity index is 246. The smallest absolute Gasteiger partial charge is 0.0580 e. The van der Waals surface area contributed by atoms with Crippen molar-refractivity contribution in [3.8, 4) is 0 Å². The van der Waals surface area contributed by atoms with Crippen molar-refractivity contribution in [3.63, 3.8) is 0 Å². The Labute approximate surface area is 106 Å². The quantitative estimate of drug-likeness (QED) is 0.791. The van der Waals surface area contributed by atoms with Gasteiger partial charge in [0, 0.05) is 32.2 Å². The van der Waals surface area contributed by atoms with Crippen molar-refractivity contribution in [2.75, 3.05) is 33.2 Å². The van der Waals surface area contributed by atoms with Crippen molar-refractivity contribution in [3.05, 3.63) is 0 Å². The Morgan fingerprint density at radius 2 is 1.94 bits per heavy atom. The minimum absolute atomic E-state index is 0.0545. The number of piperazine rings is 1. The monoisotopic (exact) mass is 240 g/mol. The summed E-state index contributed by atoms with van der Waals surface area (Å²) >= 11 is 0. The fourth-order valence-electron chi connectivity index (χ4n) is 3.30. The molecule has 2 fully saturated rings. The maximum absolute atomic E-state index is 10.1. The van der Waals surface area contributed by atoms with Crippen molar-refractivity contribution in [1.82, 2.24) is 9.80 Å². The highest BCUT2D eigenvalue weighted by atomic mass is 16.3. The number of likely N-dealkylation sites (N-methyl/N-ethyl adjacent to an activating group) is 1. The molecule has 1 heterocycles. The van der Waals surface area contributed by atoms with Crippen LogP contribution in [0.5, 0.6) is 0 Å². The zero-order chi connectivity index (χ0) is 12.4. The standard InChI is InChI=1S/C14H28N2O/c1-11-4-5-14(17)13(8-11)10-16-7-6-15(3)12(2)9-16/h11-14,17H,4-10H2,1-3H3. The van der Waals surface area contributed by atoms with E-state index in [0.29, 0.717) is 12.0 Å². The van der Waals surface area contributed by atoms with E-state index in [4.69, 9.17) is 0 Å². The van der Waals surface area contributed by atoms with Crippen LogP contribution in [0, 0.1) is 11.8 Å². The second-order valence-corrected chi connectivity index (χ2v) is 6.33. The molecule has 0 radical (unpaired) electrons. The average Bonchev–Trinajstić information content (AvgIpc) is 2.29. The number of nitrogens with zero attached hydrogens (tertiary/aromatic N) is 2. The zero-order valence-corrected chi connectivity index (χ0v) is 11.6. The summed E-state index contributed by atoms with van der Waals surface area (Å²) in [7, 11) is 2.21. The van der Waals surface area contributed by atoms with Crippen molar-refractivity contribution < 1.29 is 5.11 Å². The minimum Gasteiger partial charge on any atom is -0.393 e. The fourth-order valence-corrected chi connectivity index (χ4v) is 3.30. The Balaban J connectivity index is 1.83. The second-order valence-electron chi connectivity index (χ2n) is 6.33. The van der Waals surface area contributed by atoms with Crippen LogP contribution in [0.1, 0.15) is 33.1 Å². The molecule has 1 aliphatic heterocycles. The van der Waals surface area contributed by atoms with Crippen LogP contribution in [-0.2, 0) is 0 Å². The topological polar surface area (TPSA) is 26.7 Å². The van der Waals surface area contributed by atoms with Crippen LogP contribution in [0.25, 0.3) is 0 Å². The van der Waals surface area contributed by atoms with E-state index < -0.39 is 0 Å². The van der Waals surface area contributed by atoms with Gasteiger partial charge in [-0.2, -0.15) is 0 Å². The molecule has 2 aliphatic rings. The van der Waals surface area contributed by atoms with Gasteiger partial charge < -0.3 is 14.9 Å². The van der Waals surface area contributed by atoms with Crippen LogP contribution in [0.3, 0.4) is 0 Å². The Hall–Kier alpha value is -0.120. The molecule has 0 aromatic rings. The number of rotatable bonds is 2. The molecule has 1 saturated carbocycles. The van der Waals surface area contributed by atoms with Crippen LogP contribution in [-0.4, -0.2) is 60.3 Å². The molecule has 0 aromatic heterocycles. The first-order chi connectivity index (χ1) is 8.06. The van der Waals surface area contributed by atoms with E-state index in [1.54, 1.807) is 0 Å². The minimum atomic E-state index is -0.0545. The predicted molar refractivity (Wildman–Crippen MR) is 71.0 cm³/mol. The van der Waals surface area contributed by atoms with E-state index in [1.807, 2.05) is 0 Å². The van der Waals surface area contributed by atoms with Gasteiger partial charge in [0.15, 0.2) is 0 Å². The third kappa shape index (κ3) is 3.43. The van der Waals surface area contributed by atoms with Gasteiger partial charge in [0.1, 0.15) is 0 Å². The summed E-state index contributed by atoms with van der Waals surface area (Å²) in [6.07, 6.45) is 3.37. The summed E-state index contributed by atoms with van der Waals surface area (Å²) in [6.45, 7) is 9.22. The summed E-state index contributed by atoms with van der Waals surface area (Å²) in [4.78, 5) is 4.98. The molecule has 3 heteroatoms. The Morgan fingerprint density at radius 3 is 2.65 bits per heavy atom. The summed E-state index contributed by atoms with van der Waals surface area (Å²) in [5.74, 6) is 1.31. The molecule has 0 bridgehead atoms. The summed E-state index contributed by atoms with van der Waals surface area (Å²) in [5, 5.41) is 10.1. The molecule has 1 saturated heterocycles. The Kier molecular flexibility index (Phi) is 4.45. The zero-order valence-electron chi connectivity index (χ0n) is 11.6. The summed E-state index contributed by atoms with van der Waals surface area (Å²) in [6, 6.07) is 0.655. The lowest BCUT2D eigenvalue weighted by atomic mass is 9.80. The highest BCUT2D eigenvalue weighted by molar-refractivity contribution is 4.84.